The van der Waals surface area contributed by atoms with Gasteiger partial charge < -0.3 is 5.73 Å². The molecule has 0 saturated heterocycles. The van der Waals surface area contributed by atoms with Gasteiger partial charge >= 0.3 is 0 Å². The minimum absolute atomic E-state index is 0.498. The number of nitrogens with zero attached hydrogens (tertiary/aromatic N) is 2. The molecule has 0 spiro atoms. The highest BCUT2D eigenvalue weighted by Crippen LogP contribution is 2.28. The van der Waals surface area contributed by atoms with Gasteiger partial charge in [0.1, 0.15) is 5.52 Å². The maximum atomic E-state index is 6.16. The molecule has 0 aliphatic carbocycles. The summed E-state index contributed by atoms with van der Waals surface area (Å²) in [5.74, 6) is 0.498. The number of nitrogens with two attached hydrogens (primary N) is 1. The Labute approximate surface area is 164 Å². The fourth-order valence-corrected chi connectivity index (χ4v) is 4.05. The smallest absolute Gasteiger partial charge is 0.150 e. The number of thioether (sulfide) groups is 1. The first-order valence-electron chi connectivity index (χ1n) is 9.13. The summed E-state index contributed by atoms with van der Waals surface area (Å²) >= 11 is 1.78. The third-order valence-electron chi connectivity index (χ3n) is 5.10. The zero-order chi connectivity index (χ0) is 19.0. The number of anilines is 1. The second-order valence-electron chi connectivity index (χ2n) is 7.05. The van der Waals surface area contributed by atoms with Crippen LogP contribution in [0, 0.1) is 13.8 Å². The van der Waals surface area contributed by atoms with Crippen molar-refractivity contribution in [3.8, 4) is 0 Å². The maximum Gasteiger partial charge on any atom is 0.150 e. The Hall–Kier alpha value is -2.59. The molecule has 0 unspecified atom stereocenters. The molecule has 3 nitrogen and oxygen atoms in total. The molecule has 0 bridgehead atoms. The molecule has 2 heterocycles. The molecule has 2 aromatic carbocycles. The molecule has 136 valence electrons. The van der Waals surface area contributed by atoms with E-state index in [9.17, 15) is 0 Å². The average Bonchev–Trinajstić information content (AvgIpc) is 2.66. The van der Waals surface area contributed by atoms with Gasteiger partial charge in [-0.3, -0.25) is 4.98 Å². The number of nitrogen functional groups attached to an aromatic ring is 1. The van der Waals surface area contributed by atoms with Crippen molar-refractivity contribution in [2.75, 3.05) is 12.0 Å². The van der Waals surface area contributed by atoms with Gasteiger partial charge in [-0.05, 0) is 79.5 Å². The van der Waals surface area contributed by atoms with Crippen LogP contribution in [0.1, 0.15) is 22.3 Å². The second-order valence-corrected chi connectivity index (χ2v) is 7.93. The number of hydrogen-bond donors (Lipinski definition) is 1. The van der Waals surface area contributed by atoms with E-state index in [2.05, 4.69) is 72.5 Å². The fraction of sp³-hybridized carbons (Fsp3) is 0.217. The summed E-state index contributed by atoms with van der Waals surface area (Å²) in [6.45, 7) is 4.26. The van der Waals surface area contributed by atoms with Gasteiger partial charge in [-0.2, -0.15) is 0 Å². The lowest BCUT2D eigenvalue weighted by atomic mass is 10.00. The molecular weight excluding hydrogens is 350 g/mol. The predicted octanol–water partition coefficient (Wildman–Crippen LogP) is 5.49. The summed E-state index contributed by atoms with van der Waals surface area (Å²) in [6.07, 6.45) is 6.01. The monoisotopic (exact) mass is 373 g/mol. The molecule has 0 fully saturated rings. The van der Waals surface area contributed by atoms with Gasteiger partial charge in [0.25, 0.3) is 0 Å². The van der Waals surface area contributed by atoms with Crippen LogP contribution in [-0.2, 0) is 12.8 Å². The van der Waals surface area contributed by atoms with Crippen LogP contribution in [0.5, 0.6) is 0 Å². The summed E-state index contributed by atoms with van der Waals surface area (Å²) in [5.41, 5.74) is 13.0. The average molecular weight is 374 g/mol. The molecule has 0 aliphatic heterocycles. The van der Waals surface area contributed by atoms with E-state index in [1.54, 1.807) is 11.8 Å². The van der Waals surface area contributed by atoms with E-state index in [0.29, 0.717) is 5.82 Å². The highest BCUT2D eigenvalue weighted by molar-refractivity contribution is 7.98. The zero-order valence-electron chi connectivity index (χ0n) is 15.9. The van der Waals surface area contributed by atoms with Gasteiger partial charge in [0, 0.05) is 21.9 Å². The van der Waals surface area contributed by atoms with Crippen molar-refractivity contribution < 1.29 is 0 Å². The van der Waals surface area contributed by atoms with Crippen LogP contribution in [0.3, 0.4) is 0 Å². The van der Waals surface area contributed by atoms with Crippen LogP contribution in [0.4, 0.5) is 5.82 Å². The zero-order valence-corrected chi connectivity index (χ0v) is 16.7. The van der Waals surface area contributed by atoms with E-state index in [1.165, 1.54) is 27.1 Å². The number of benzene rings is 2. The fourth-order valence-electron chi connectivity index (χ4n) is 3.55. The summed E-state index contributed by atoms with van der Waals surface area (Å²) in [6, 6.07) is 15.3. The molecule has 2 N–H and O–H groups in total. The second kappa shape index (κ2) is 7.20. The first-order chi connectivity index (χ1) is 13.0. The molecule has 4 aromatic rings. The minimum Gasteiger partial charge on any atom is -0.382 e. The Kier molecular flexibility index (Phi) is 4.75. The summed E-state index contributed by atoms with van der Waals surface area (Å²) in [7, 11) is 0. The molecule has 0 radical (unpaired) electrons. The van der Waals surface area contributed by atoms with E-state index in [-0.39, 0.29) is 0 Å². The van der Waals surface area contributed by atoms with Gasteiger partial charge in [0.15, 0.2) is 5.82 Å². The number of aryl methyl sites for hydroxylation is 4. The molecular formula is C23H23N3S. The van der Waals surface area contributed by atoms with Crippen molar-refractivity contribution in [3.05, 3.63) is 70.9 Å². The van der Waals surface area contributed by atoms with Crippen LogP contribution in [0.25, 0.3) is 21.8 Å². The minimum atomic E-state index is 0.498. The summed E-state index contributed by atoms with van der Waals surface area (Å²) in [5, 5.41) is 2.20. The van der Waals surface area contributed by atoms with Crippen molar-refractivity contribution in [3.63, 3.8) is 0 Å². The van der Waals surface area contributed by atoms with Crippen molar-refractivity contribution in [1.82, 2.24) is 9.97 Å². The molecule has 4 rings (SSSR count). The number of fused-ring (bicyclic) bond motifs is 3. The summed E-state index contributed by atoms with van der Waals surface area (Å²) in [4.78, 5) is 10.5. The lowest BCUT2D eigenvalue weighted by Crippen LogP contribution is -1.99. The van der Waals surface area contributed by atoms with Crippen LogP contribution >= 0.6 is 11.8 Å². The van der Waals surface area contributed by atoms with E-state index >= 15 is 0 Å². The third-order valence-corrected chi connectivity index (χ3v) is 5.83. The highest BCUT2D eigenvalue weighted by atomic mass is 32.2. The quantitative estimate of drug-likeness (QED) is 0.380. The molecule has 27 heavy (non-hydrogen) atoms. The molecule has 0 atom stereocenters. The maximum absolute atomic E-state index is 6.16. The Bertz CT molecular complexity index is 1150. The van der Waals surface area contributed by atoms with E-state index in [1.807, 2.05) is 6.20 Å². The SMILES string of the molecule is CSc1ccc(CCc2cnc3c(N)nc4cc(C)ccc4c3c2)c(C)c1. The molecule has 0 amide bonds. The standard InChI is InChI=1S/C23H23N3S/c1-14-4-9-19-20-12-16(13-25-22(20)23(24)26-21(19)10-14)5-6-17-7-8-18(27-3)11-15(17)2/h4,7-13H,5-6H2,1-3H3,(H2,24,26). The number of rotatable bonds is 4. The van der Waals surface area contributed by atoms with Crippen LogP contribution in [0.15, 0.2) is 53.6 Å². The van der Waals surface area contributed by atoms with Gasteiger partial charge in [-0.1, -0.05) is 18.2 Å². The lowest BCUT2D eigenvalue weighted by molar-refractivity contribution is 0.941. The van der Waals surface area contributed by atoms with Crippen LogP contribution in [0.2, 0.25) is 0 Å². The molecule has 4 heteroatoms. The number of hydrogen-bond acceptors (Lipinski definition) is 4. The number of pyridine rings is 2. The Morgan fingerprint density at radius 1 is 0.963 bits per heavy atom. The lowest BCUT2D eigenvalue weighted by Gasteiger charge is -2.10. The van der Waals surface area contributed by atoms with Crippen molar-refractivity contribution in [1.29, 1.82) is 0 Å². The van der Waals surface area contributed by atoms with Crippen LogP contribution in [-0.4, -0.2) is 16.2 Å². The third kappa shape index (κ3) is 3.50. The molecule has 2 aromatic heterocycles. The highest BCUT2D eigenvalue weighted by Gasteiger charge is 2.09. The first-order valence-corrected chi connectivity index (χ1v) is 10.4. The largest absolute Gasteiger partial charge is 0.382 e. The first kappa shape index (κ1) is 17.8. The van der Waals surface area contributed by atoms with Crippen LogP contribution < -0.4 is 5.73 Å². The van der Waals surface area contributed by atoms with Gasteiger partial charge in [-0.25, -0.2) is 4.98 Å². The van der Waals surface area contributed by atoms with E-state index in [4.69, 9.17) is 5.73 Å². The number of aromatic nitrogens is 2. The normalized spacial score (nSPS) is 11.4. The van der Waals surface area contributed by atoms with E-state index in [0.717, 1.165) is 34.6 Å². The predicted molar refractivity (Wildman–Crippen MR) is 117 cm³/mol. The van der Waals surface area contributed by atoms with Gasteiger partial charge in [0.05, 0.1) is 5.52 Å². The summed E-state index contributed by atoms with van der Waals surface area (Å²) < 4.78 is 0. The van der Waals surface area contributed by atoms with Gasteiger partial charge in [-0.15, -0.1) is 11.8 Å². The Morgan fingerprint density at radius 3 is 2.59 bits per heavy atom. The van der Waals surface area contributed by atoms with E-state index < -0.39 is 0 Å². The van der Waals surface area contributed by atoms with Crippen molar-refractivity contribution in [2.45, 2.75) is 31.6 Å². The van der Waals surface area contributed by atoms with Crippen molar-refractivity contribution >= 4 is 39.4 Å². The van der Waals surface area contributed by atoms with Crippen molar-refractivity contribution in [2.24, 2.45) is 0 Å². The van der Waals surface area contributed by atoms with Gasteiger partial charge in [0.2, 0.25) is 0 Å². The Morgan fingerprint density at radius 2 is 1.81 bits per heavy atom. The molecule has 0 saturated carbocycles. The Balaban J connectivity index is 1.69. The topological polar surface area (TPSA) is 51.8 Å². The molecule has 0 aliphatic rings.